The van der Waals surface area contributed by atoms with Crippen LogP contribution < -0.4 is 20.1 Å². The Labute approximate surface area is 244 Å². The molecule has 1 saturated heterocycles. The lowest BCUT2D eigenvalue weighted by atomic mass is 10.1. The zero-order chi connectivity index (χ0) is 28.1. The molecule has 0 spiro atoms. The molecule has 8 nitrogen and oxygen atoms in total. The van der Waals surface area contributed by atoms with E-state index in [0.717, 1.165) is 22.4 Å². The number of nitrogens with one attached hydrogen (secondary N) is 2. The van der Waals surface area contributed by atoms with Gasteiger partial charge in [-0.1, -0.05) is 54.4 Å². The third-order valence-corrected chi connectivity index (χ3v) is 7.19. The van der Waals surface area contributed by atoms with Gasteiger partial charge in [0.15, 0.2) is 11.5 Å². The Morgan fingerprint density at radius 2 is 1.87 bits per heavy atom. The van der Waals surface area contributed by atoms with Crippen molar-refractivity contribution in [3.63, 3.8) is 0 Å². The zero-order valence-corrected chi connectivity index (χ0v) is 24.1. The zero-order valence-electron chi connectivity index (χ0n) is 21.0. The Morgan fingerprint density at radius 3 is 2.59 bits per heavy atom. The van der Waals surface area contributed by atoms with E-state index in [1.54, 1.807) is 42.5 Å². The number of halogens is 3. The van der Waals surface area contributed by atoms with E-state index in [-0.39, 0.29) is 12.3 Å². The summed E-state index contributed by atoms with van der Waals surface area (Å²) in [6.07, 6.45) is 2.23. The van der Waals surface area contributed by atoms with Crippen LogP contribution in [-0.4, -0.2) is 36.4 Å². The minimum absolute atomic E-state index is 0.0279. The summed E-state index contributed by atoms with van der Waals surface area (Å²) in [5, 5.41) is 6.17. The molecule has 2 N–H and O–H groups in total. The first-order chi connectivity index (χ1) is 18.7. The van der Waals surface area contributed by atoms with Crippen LogP contribution in [0, 0.1) is 0 Å². The third kappa shape index (κ3) is 6.73. The molecule has 1 aliphatic rings. The summed E-state index contributed by atoms with van der Waals surface area (Å²) in [6.45, 7) is 1.76. The van der Waals surface area contributed by atoms with Gasteiger partial charge in [0.1, 0.15) is 18.8 Å². The maximum Gasteiger partial charge on any atom is 0.329 e. The lowest BCUT2D eigenvalue weighted by molar-refractivity contribution is -0.127. The number of hydrogen-bond donors (Lipinski definition) is 2. The minimum Gasteiger partial charge on any atom is -0.493 e. The lowest BCUT2D eigenvalue weighted by Crippen LogP contribution is -2.38. The van der Waals surface area contributed by atoms with Gasteiger partial charge in [0.2, 0.25) is 5.91 Å². The molecule has 39 heavy (non-hydrogen) atoms. The highest BCUT2D eigenvalue weighted by Gasteiger charge is 2.35. The summed E-state index contributed by atoms with van der Waals surface area (Å²) < 4.78 is 12.0. The highest BCUT2D eigenvalue weighted by atomic mass is 79.9. The van der Waals surface area contributed by atoms with Crippen molar-refractivity contribution in [1.29, 1.82) is 0 Å². The number of urea groups is 1. The molecular weight excluding hydrogens is 609 g/mol. The van der Waals surface area contributed by atoms with Crippen molar-refractivity contribution < 1.29 is 23.9 Å². The van der Waals surface area contributed by atoms with Crippen LogP contribution in [0.4, 0.5) is 10.5 Å². The number of carbonyl (C=O) groups is 3. The highest BCUT2D eigenvalue weighted by molar-refractivity contribution is 9.10. The molecule has 3 aromatic rings. The fourth-order valence-electron chi connectivity index (χ4n) is 3.91. The van der Waals surface area contributed by atoms with Gasteiger partial charge >= 0.3 is 6.03 Å². The van der Waals surface area contributed by atoms with E-state index < -0.39 is 24.4 Å². The number of anilines is 1. The second kappa shape index (κ2) is 12.5. The number of carbonyl (C=O) groups excluding carboxylic acids is 3. The first-order valence-corrected chi connectivity index (χ1v) is 13.4. The van der Waals surface area contributed by atoms with Gasteiger partial charge in [0.25, 0.3) is 5.91 Å². The van der Waals surface area contributed by atoms with Crippen LogP contribution in [0.15, 0.2) is 64.8 Å². The van der Waals surface area contributed by atoms with Gasteiger partial charge in [0.05, 0.1) is 21.6 Å². The molecule has 202 valence electrons. The molecule has 0 bridgehead atoms. The van der Waals surface area contributed by atoms with Crippen molar-refractivity contribution in [2.24, 2.45) is 0 Å². The smallest absolute Gasteiger partial charge is 0.329 e. The predicted molar refractivity (Wildman–Crippen MR) is 154 cm³/mol. The number of ether oxygens (including phenoxy) is 2. The van der Waals surface area contributed by atoms with Crippen molar-refractivity contribution in [3.8, 4) is 11.5 Å². The number of imide groups is 1. The molecule has 1 heterocycles. The number of amides is 4. The van der Waals surface area contributed by atoms with Crippen LogP contribution >= 0.6 is 39.1 Å². The van der Waals surface area contributed by atoms with Gasteiger partial charge in [0, 0.05) is 5.69 Å². The molecule has 4 amide bonds. The average molecular weight is 633 g/mol. The molecule has 1 aliphatic heterocycles. The molecular formula is C28H24BrCl2N3O5. The van der Waals surface area contributed by atoms with Gasteiger partial charge < -0.3 is 20.1 Å². The summed E-state index contributed by atoms with van der Waals surface area (Å²) in [6, 6.07) is 15.3. The molecule has 0 aliphatic carbocycles. The molecule has 4 rings (SSSR count). The van der Waals surface area contributed by atoms with Crippen LogP contribution in [0.25, 0.3) is 6.08 Å². The average Bonchev–Trinajstić information content (AvgIpc) is 3.17. The molecule has 0 saturated carbocycles. The number of para-hydroxylation sites is 1. The van der Waals surface area contributed by atoms with Gasteiger partial charge in [-0.15, -0.1) is 0 Å². The third-order valence-electron chi connectivity index (χ3n) is 5.87. The number of benzene rings is 3. The molecule has 11 heteroatoms. The molecule has 0 atom stereocenters. The van der Waals surface area contributed by atoms with Crippen LogP contribution in [0.5, 0.6) is 11.5 Å². The number of hydrogen-bond acceptors (Lipinski definition) is 5. The molecule has 0 radical (unpaired) electrons. The SMILES string of the molecule is CCc1ccccc1NC(=O)CN1C(=O)N/C(=C/c2cc(Br)c(OCc3ccc(Cl)c(Cl)c3)c(OC)c2)C1=O. The van der Waals surface area contributed by atoms with Crippen LogP contribution in [0.3, 0.4) is 0 Å². The van der Waals surface area contributed by atoms with Crippen molar-refractivity contribution in [2.45, 2.75) is 20.0 Å². The Hall–Kier alpha value is -3.53. The maximum absolute atomic E-state index is 13.0. The maximum atomic E-state index is 13.0. The van der Waals surface area contributed by atoms with Crippen molar-refractivity contribution in [3.05, 3.63) is 91.5 Å². The summed E-state index contributed by atoms with van der Waals surface area (Å²) in [7, 11) is 1.49. The number of nitrogens with zero attached hydrogens (tertiary/aromatic N) is 1. The lowest BCUT2D eigenvalue weighted by Gasteiger charge is -2.14. The standard InChI is InChI=1S/C28H24BrCl2N3O5/c1-3-18-6-4-5-7-22(18)32-25(35)14-34-27(36)23(33-28(34)37)12-17-10-19(29)26(24(13-17)38-2)39-15-16-8-9-20(30)21(31)11-16/h4-13H,3,14-15H2,1-2H3,(H,32,35)(H,33,37)/b23-12+. The molecule has 3 aromatic carbocycles. The van der Waals surface area contributed by atoms with Gasteiger partial charge in [-0.05, 0) is 75.4 Å². The van der Waals surface area contributed by atoms with Gasteiger partial charge in [-0.3, -0.25) is 9.59 Å². The second-order valence-electron chi connectivity index (χ2n) is 8.51. The number of methoxy groups -OCH3 is 1. The predicted octanol–water partition coefficient (Wildman–Crippen LogP) is 6.44. The van der Waals surface area contributed by atoms with E-state index in [1.165, 1.54) is 13.2 Å². The molecule has 0 unspecified atom stereocenters. The van der Waals surface area contributed by atoms with E-state index in [9.17, 15) is 14.4 Å². The first-order valence-electron chi connectivity index (χ1n) is 11.9. The molecule has 0 aromatic heterocycles. The van der Waals surface area contributed by atoms with Gasteiger partial charge in [-0.2, -0.15) is 0 Å². The first kappa shape index (κ1) is 28.5. The normalized spacial score (nSPS) is 14.0. The Balaban J connectivity index is 1.47. The van der Waals surface area contributed by atoms with E-state index in [0.29, 0.717) is 37.3 Å². The van der Waals surface area contributed by atoms with Crippen LogP contribution in [-0.2, 0) is 22.6 Å². The number of rotatable bonds is 9. The van der Waals surface area contributed by atoms with E-state index in [1.807, 2.05) is 19.1 Å². The fraction of sp³-hybridized carbons (Fsp3) is 0.179. The quantitative estimate of drug-likeness (QED) is 0.209. The van der Waals surface area contributed by atoms with E-state index >= 15 is 0 Å². The highest BCUT2D eigenvalue weighted by Crippen LogP contribution is 2.38. The summed E-state index contributed by atoms with van der Waals surface area (Å²) >= 11 is 15.5. The minimum atomic E-state index is -0.683. The van der Waals surface area contributed by atoms with Crippen molar-refractivity contribution in [2.75, 3.05) is 19.0 Å². The Morgan fingerprint density at radius 1 is 1.10 bits per heavy atom. The fourth-order valence-corrected chi connectivity index (χ4v) is 4.81. The topological polar surface area (TPSA) is 97.0 Å². The monoisotopic (exact) mass is 631 g/mol. The second-order valence-corrected chi connectivity index (χ2v) is 10.2. The van der Waals surface area contributed by atoms with E-state index in [4.69, 9.17) is 32.7 Å². The Kier molecular flexibility index (Phi) is 9.16. The van der Waals surface area contributed by atoms with Crippen LogP contribution in [0.2, 0.25) is 10.0 Å². The summed E-state index contributed by atoms with van der Waals surface area (Å²) in [5.74, 6) is -0.250. The van der Waals surface area contributed by atoms with Crippen molar-refractivity contribution >= 4 is 68.7 Å². The van der Waals surface area contributed by atoms with Gasteiger partial charge in [-0.25, -0.2) is 9.69 Å². The van der Waals surface area contributed by atoms with Crippen molar-refractivity contribution in [1.82, 2.24) is 10.2 Å². The van der Waals surface area contributed by atoms with Crippen LogP contribution in [0.1, 0.15) is 23.6 Å². The summed E-state index contributed by atoms with van der Waals surface area (Å²) in [4.78, 5) is 38.9. The summed E-state index contributed by atoms with van der Waals surface area (Å²) in [5.41, 5.74) is 3.00. The van der Waals surface area contributed by atoms with E-state index in [2.05, 4.69) is 26.6 Å². The Bertz CT molecular complexity index is 1480. The number of aryl methyl sites for hydroxylation is 1. The molecule has 1 fully saturated rings. The largest absolute Gasteiger partial charge is 0.493 e.